The number of nitrogens with one attached hydrogen (secondary N) is 2. The summed E-state index contributed by atoms with van der Waals surface area (Å²) in [5, 5.41) is 15.0. The van der Waals surface area contributed by atoms with Crippen LogP contribution >= 0.6 is 0 Å². The largest absolute Gasteiger partial charge is 0.376 e. The zero-order valence-electron chi connectivity index (χ0n) is 11.9. The van der Waals surface area contributed by atoms with Crippen molar-refractivity contribution in [1.29, 1.82) is 5.26 Å². The maximum absolute atomic E-state index is 11.9. The third-order valence-corrected chi connectivity index (χ3v) is 3.90. The van der Waals surface area contributed by atoms with Gasteiger partial charge in [-0.25, -0.2) is 0 Å². The Morgan fingerprint density at radius 2 is 2.20 bits per heavy atom. The summed E-state index contributed by atoms with van der Waals surface area (Å²) in [5.74, 6) is 0.584. The molecular weight excluding hydrogens is 250 g/mol. The summed E-state index contributed by atoms with van der Waals surface area (Å²) in [7, 11) is 0. The Hall–Kier alpha value is -2.02. The highest BCUT2D eigenvalue weighted by Gasteiger charge is 2.22. The van der Waals surface area contributed by atoms with Gasteiger partial charge in [-0.15, -0.1) is 0 Å². The smallest absolute Gasteiger partial charge is 0.239 e. The summed E-state index contributed by atoms with van der Waals surface area (Å²) in [6.45, 7) is 2.45. The Morgan fingerprint density at radius 3 is 2.95 bits per heavy atom. The Bertz CT molecular complexity index is 507. The number of carbonyl (C=O) groups excluding carboxylic acids is 1. The van der Waals surface area contributed by atoms with Crippen LogP contribution in [0.5, 0.6) is 0 Å². The molecule has 4 heteroatoms. The van der Waals surface area contributed by atoms with E-state index in [-0.39, 0.29) is 12.5 Å². The van der Waals surface area contributed by atoms with E-state index in [0.29, 0.717) is 17.5 Å². The van der Waals surface area contributed by atoms with Crippen molar-refractivity contribution in [3.8, 4) is 6.07 Å². The zero-order chi connectivity index (χ0) is 14.4. The fraction of sp³-hybridized carbons (Fsp3) is 0.500. The number of amides is 1. The van der Waals surface area contributed by atoms with E-state index in [4.69, 9.17) is 5.26 Å². The molecule has 1 saturated carbocycles. The lowest BCUT2D eigenvalue weighted by atomic mass is 9.86. The summed E-state index contributed by atoms with van der Waals surface area (Å²) >= 11 is 0. The van der Waals surface area contributed by atoms with Gasteiger partial charge in [0.25, 0.3) is 0 Å². The van der Waals surface area contributed by atoms with Crippen LogP contribution in [0.25, 0.3) is 0 Å². The molecule has 0 aromatic heterocycles. The van der Waals surface area contributed by atoms with E-state index in [1.807, 2.05) is 12.1 Å². The van der Waals surface area contributed by atoms with Crippen LogP contribution in [0.1, 0.15) is 38.2 Å². The molecule has 0 heterocycles. The molecule has 1 aliphatic rings. The summed E-state index contributed by atoms with van der Waals surface area (Å²) < 4.78 is 0. The molecule has 0 spiro atoms. The van der Waals surface area contributed by atoms with Crippen LogP contribution in [0.4, 0.5) is 5.69 Å². The summed E-state index contributed by atoms with van der Waals surface area (Å²) in [6, 6.07) is 9.55. The van der Waals surface area contributed by atoms with Gasteiger partial charge in [-0.1, -0.05) is 25.8 Å². The number of nitriles is 1. The minimum absolute atomic E-state index is 0.0195. The lowest BCUT2D eigenvalue weighted by molar-refractivity contribution is -0.120. The van der Waals surface area contributed by atoms with Gasteiger partial charge in [0.15, 0.2) is 0 Å². The number of anilines is 1. The van der Waals surface area contributed by atoms with Gasteiger partial charge in [0.1, 0.15) is 0 Å². The molecule has 0 unspecified atom stereocenters. The molecule has 1 aliphatic carbocycles. The van der Waals surface area contributed by atoms with Gasteiger partial charge in [-0.05, 0) is 37.0 Å². The monoisotopic (exact) mass is 271 g/mol. The minimum atomic E-state index is 0.0195. The maximum Gasteiger partial charge on any atom is 0.239 e. The van der Waals surface area contributed by atoms with Crippen LogP contribution in [-0.4, -0.2) is 18.5 Å². The molecule has 1 amide bonds. The van der Waals surface area contributed by atoms with Crippen molar-refractivity contribution in [3.63, 3.8) is 0 Å². The lowest BCUT2D eigenvalue weighted by Crippen LogP contribution is -2.43. The standard InChI is InChI=1S/C16H21N3O/c1-12-5-2-3-8-15(12)19-16(20)11-18-14-7-4-6-13(9-14)10-17/h4,6-7,9,12,15,18H,2-3,5,8,11H2,1H3,(H,19,20)/t12-,15+/m1/s1. The highest BCUT2D eigenvalue weighted by molar-refractivity contribution is 5.81. The third-order valence-electron chi connectivity index (χ3n) is 3.90. The van der Waals surface area contributed by atoms with E-state index in [2.05, 4.69) is 23.6 Å². The molecule has 1 aromatic rings. The molecule has 20 heavy (non-hydrogen) atoms. The third kappa shape index (κ3) is 3.99. The number of benzene rings is 1. The summed E-state index contributed by atoms with van der Waals surface area (Å²) in [4.78, 5) is 11.9. The number of hydrogen-bond donors (Lipinski definition) is 2. The van der Waals surface area contributed by atoms with Crippen LogP contribution < -0.4 is 10.6 Å². The van der Waals surface area contributed by atoms with Crippen LogP contribution in [0, 0.1) is 17.2 Å². The molecule has 2 atom stereocenters. The van der Waals surface area contributed by atoms with E-state index < -0.39 is 0 Å². The van der Waals surface area contributed by atoms with Gasteiger partial charge < -0.3 is 10.6 Å². The van der Waals surface area contributed by atoms with Gasteiger partial charge in [0.2, 0.25) is 5.91 Å². The van der Waals surface area contributed by atoms with Crippen molar-refractivity contribution in [2.75, 3.05) is 11.9 Å². The first-order valence-corrected chi connectivity index (χ1v) is 7.22. The lowest BCUT2D eigenvalue weighted by Gasteiger charge is -2.29. The molecule has 2 N–H and O–H groups in total. The molecule has 106 valence electrons. The fourth-order valence-electron chi connectivity index (χ4n) is 2.67. The van der Waals surface area contributed by atoms with Gasteiger partial charge in [0, 0.05) is 11.7 Å². The molecule has 0 bridgehead atoms. The first kappa shape index (κ1) is 14.4. The summed E-state index contributed by atoms with van der Waals surface area (Å²) in [6.07, 6.45) is 4.75. The number of nitrogens with zero attached hydrogens (tertiary/aromatic N) is 1. The maximum atomic E-state index is 11.9. The Kier molecular flexibility index (Phi) is 5.00. The molecule has 0 radical (unpaired) electrons. The van der Waals surface area contributed by atoms with E-state index in [1.54, 1.807) is 12.1 Å². The van der Waals surface area contributed by atoms with Gasteiger partial charge >= 0.3 is 0 Å². The van der Waals surface area contributed by atoms with E-state index >= 15 is 0 Å². The first-order chi connectivity index (χ1) is 9.69. The number of hydrogen-bond acceptors (Lipinski definition) is 3. The fourth-order valence-corrected chi connectivity index (χ4v) is 2.67. The van der Waals surface area contributed by atoms with Crippen LogP contribution in [-0.2, 0) is 4.79 Å². The molecule has 1 fully saturated rings. The minimum Gasteiger partial charge on any atom is -0.376 e. The molecule has 4 nitrogen and oxygen atoms in total. The molecular formula is C16H21N3O. The van der Waals surface area contributed by atoms with Crippen molar-refractivity contribution < 1.29 is 4.79 Å². The van der Waals surface area contributed by atoms with Crippen LogP contribution in [0.2, 0.25) is 0 Å². The predicted octanol–water partition coefficient (Wildman–Crippen LogP) is 2.67. The highest BCUT2D eigenvalue weighted by atomic mass is 16.1. The number of carbonyl (C=O) groups is 1. The zero-order valence-corrected chi connectivity index (χ0v) is 11.9. The molecule has 0 aliphatic heterocycles. The predicted molar refractivity (Wildman–Crippen MR) is 79.2 cm³/mol. The quantitative estimate of drug-likeness (QED) is 0.885. The van der Waals surface area contributed by atoms with Crippen molar-refractivity contribution in [2.45, 2.75) is 38.6 Å². The van der Waals surface area contributed by atoms with E-state index in [9.17, 15) is 4.79 Å². The molecule has 0 saturated heterocycles. The molecule has 2 rings (SSSR count). The van der Waals surface area contributed by atoms with Gasteiger partial charge in [-0.3, -0.25) is 4.79 Å². The van der Waals surface area contributed by atoms with Crippen LogP contribution in [0.15, 0.2) is 24.3 Å². The van der Waals surface area contributed by atoms with Gasteiger partial charge in [0.05, 0.1) is 18.2 Å². The number of rotatable bonds is 4. The van der Waals surface area contributed by atoms with E-state index in [0.717, 1.165) is 12.1 Å². The summed E-state index contributed by atoms with van der Waals surface area (Å²) in [5.41, 5.74) is 1.40. The SMILES string of the molecule is C[C@@H]1CCCC[C@@H]1NC(=O)CNc1cccc(C#N)c1. The van der Waals surface area contributed by atoms with E-state index in [1.165, 1.54) is 19.3 Å². The van der Waals surface area contributed by atoms with Crippen molar-refractivity contribution in [1.82, 2.24) is 5.32 Å². The van der Waals surface area contributed by atoms with Gasteiger partial charge in [-0.2, -0.15) is 5.26 Å². The average molecular weight is 271 g/mol. The Morgan fingerprint density at radius 1 is 1.40 bits per heavy atom. The second kappa shape index (κ2) is 6.95. The second-order valence-corrected chi connectivity index (χ2v) is 5.48. The van der Waals surface area contributed by atoms with Crippen molar-refractivity contribution in [3.05, 3.63) is 29.8 Å². The van der Waals surface area contributed by atoms with Crippen LogP contribution in [0.3, 0.4) is 0 Å². The molecule has 1 aromatic carbocycles. The first-order valence-electron chi connectivity index (χ1n) is 7.22. The average Bonchev–Trinajstić information content (AvgIpc) is 2.48. The normalized spacial score (nSPS) is 21.8. The van der Waals surface area contributed by atoms with Crippen molar-refractivity contribution in [2.24, 2.45) is 5.92 Å². The Labute approximate surface area is 120 Å². The topological polar surface area (TPSA) is 64.9 Å². The van der Waals surface area contributed by atoms with Crippen molar-refractivity contribution >= 4 is 11.6 Å². The Balaban J connectivity index is 1.81. The highest BCUT2D eigenvalue weighted by Crippen LogP contribution is 2.23. The second-order valence-electron chi connectivity index (χ2n) is 5.48.